The summed E-state index contributed by atoms with van der Waals surface area (Å²) in [5.41, 5.74) is 5.65. The molecule has 2 N–H and O–H groups in total. The van der Waals surface area contributed by atoms with Gasteiger partial charge in [-0.1, -0.05) is 0 Å². The Labute approximate surface area is 93.4 Å². The van der Waals surface area contributed by atoms with Gasteiger partial charge in [-0.2, -0.15) is 0 Å². The molecule has 0 aliphatic rings. The predicted molar refractivity (Wildman–Crippen MR) is 60.2 cm³/mol. The van der Waals surface area contributed by atoms with Crippen LogP contribution in [0.25, 0.3) is 0 Å². The Morgan fingerprint density at radius 3 is 2.87 bits per heavy atom. The summed E-state index contributed by atoms with van der Waals surface area (Å²) in [6.45, 7) is 0.746. The first-order valence-corrected chi connectivity index (χ1v) is 5.54. The summed E-state index contributed by atoms with van der Waals surface area (Å²) >= 11 is 1.59. The maximum Gasteiger partial charge on any atom is 0.193 e. The average molecular weight is 229 g/mol. The van der Waals surface area contributed by atoms with Crippen LogP contribution < -0.4 is 10.5 Å². The molecule has 1 rings (SSSR count). The molecule has 0 fully saturated rings. The van der Waals surface area contributed by atoms with Crippen LogP contribution in [0, 0.1) is 0 Å². The van der Waals surface area contributed by atoms with Gasteiger partial charge < -0.3 is 15.2 Å². The number of nitrogens with zero attached hydrogens (tertiary/aromatic N) is 2. The second-order valence-corrected chi connectivity index (χ2v) is 3.88. The lowest BCUT2D eigenvalue weighted by molar-refractivity contribution is 0.200. The Morgan fingerprint density at radius 2 is 2.20 bits per heavy atom. The molecule has 1 aromatic rings. The van der Waals surface area contributed by atoms with Crippen molar-refractivity contribution in [2.45, 2.75) is 11.4 Å². The summed E-state index contributed by atoms with van der Waals surface area (Å²) in [6.07, 6.45) is 2.41. The van der Waals surface area contributed by atoms with E-state index in [0.29, 0.717) is 11.6 Å². The molecule has 0 bridgehead atoms. The van der Waals surface area contributed by atoms with E-state index in [9.17, 15) is 0 Å². The molecule has 0 atom stereocenters. The van der Waals surface area contributed by atoms with Gasteiger partial charge in [0.1, 0.15) is 11.4 Å². The lowest BCUT2D eigenvalue weighted by atomic mass is 10.5. The fourth-order valence-corrected chi connectivity index (χ4v) is 1.93. The van der Waals surface area contributed by atoms with Crippen molar-refractivity contribution in [1.29, 1.82) is 0 Å². The minimum absolute atomic E-state index is 0.377. The Kier molecular flexibility index (Phi) is 5.20. The first-order chi connectivity index (χ1) is 7.29. The monoisotopic (exact) mass is 229 g/mol. The molecule has 5 nitrogen and oxygen atoms in total. The van der Waals surface area contributed by atoms with Crippen molar-refractivity contribution in [2.24, 2.45) is 0 Å². The number of anilines is 1. The Hall–Kier alpha value is -1.01. The highest BCUT2D eigenvalue weighted by molar-refractivity contribution is 7.99. The van der Waals surface area contributed by atoms with Gasteiger partial charge in [-0.25, -0.2) is 9.97 Å². The fraction of sp³-hybridized carbons (Fsp3) is 0.556. The van der Waals surface area contributed by atoms with Crippen molar-refractivity contribution in [3.05, 3.63) is 6.33 Å². The summed E-state index contributed by atoms with van der Waals surface area (Å²) in [7, 11) is 3.25. The smallest absolute Gasteiger partial charge is 0.193 e. The van der Waals surface area contributed by atoms with Gasteiger partial charge in [0.05, 0.1) is 7.11 Å². The quantitative estimate of drug-likeness (QED) is 0.449. The number of nitrogens with two attached hydrogens (primary N) is 1. The molecule has 0 radical (unpaired) electrons. The number of hydrogen-bond donors (Lipinski definition) is 1. The molecule has 0 aliphatic heterocycles. The molecule has 0 saturated heterocycles. The fourth-order valence-electron chi connectivity index (χ4n) is 1.04. The van der Waals surface area contributed by atoms with E-state index in [1.807, 2.05) is 0 Å². The third-order valence-electron chi connectivity index (χ3n) is 1.73. The van der Waals surface area contributed by atoms with E-state index in [1.165, 1.54) is 6.33 Å². The summed E-state index contributed by atoms with van der Waals surface area (Å²) in [6, 6.07) is 0. The highest BCUT2D eigenvalue weighted by Crippen LogP contribution is 2.30. The van der Waals surface area contributed by atoms with E-state index in [1.54, 1.807) is 26.0 Å². The van der Waals surface area contributed by atoms with E-state index in [0.717, 1.165) is 23.8 Å². The number of hydrogen-bond acceptors (Lipinski definition) is 6. The summed E-state index contributed by atoms with van der Waals surface area (Å²) in [4.78, 5) is 7.97. The van der Waals surface area contributed by atoms with Gasteiger partial charge in [-0.05, 0) is 6.42 Å². The molecule has 15 heavy (non-hydrogen) atoms. The summed E-state index contributed by atoms with van der Waals surface area (Å²) in [5, 5.41) is 0.779. The van der Waals surface area contributed by atoms with Gasteiger partial charge >= 0.3 is 0 Å². The number of thioether (sulfide) groups is 1. The number of rotatable bonds is 6. The number of aromatic nitrogens is 2. The molecule has 0 aliphatic carbocycles. The van der Waals surface area contributed by atoms with Crippen molar-refractivity contribution in [2.75, 3.05) is 32.3 Å². The Bertz CT molecular complexity index is 309. The molecule has 6 heteroatoms. The zero-order valence-corrected chi connectivity index (χ0v) is 9.71. The Morgan fingerprint density at radius 1 is 1.40 bits per heavy atom. The summed E-state index contributed by atoms with van der Waals surface area (Å²) < 4.78 is 10.1. The molecule has 84 valence electrons. The SMILES string of the molecule is COCCCSc1ncnc(N)c1OC. The lowest BCUT2D eigenvalue weighted by Gasteiger charge is -2.07. The van der Waals surface area contributed by atoms with Crippen molar-refractivity contribution in [1.82, 2.24) is 9.97 Å². The van der Waals surface area contributed by atoms with E-state index in [-0.39, 0.29) is 0 Å². The second kappa shape index (κ2) is 6.47. The normalized spacial score (nSPS) is 10.3. The van der Waals surface area contributed by atoms with E-state index >= 15 is 0 Å². The van der Waals surface area contributed by atoms with Crippen LogP contribution in [-0.4, -0.2) is 36.5 Å². The van der Waals surface area contributed by atoms with Crippen molar-refractivity contribution >= 4 is 17.6 Å². The molecule has 0 aromatic carbocycles. The number of methoxy groups -OCH3 is 2. The van der Waals surface area contributed by atoms with Gasteiger partial charge in [0.25, 0.3) is 0 Å². The minimum atomic E-state index is 0.377. The maximum absolute atomic E-state index is 5.65. The first-order valence-electron chi connectivity index (χ1n) is 4.55. The molecule has 0 amide bonds. The van der Waals surface area contributed by atoms with Gasteiger partial charge in [0.15, 0.2) is 11.6 Å². The first kappa shape index (κ1) is 12.1. The minimum Gasteiger partial charge on any atom is -0.490 e. The van der Waals surface area contributed by atoms with Gasteiger partial charge in [-0.15, -0.1) is 11.8 Å². The van der Waals surface area contributed by atoms with Crippen LogP contribution >= 0.6 is 11.8 Å². The molecular weight excluding hydrogens is 214 g/mol. The number of ether oxygens (including phenoxy) is 2. The van der Waals surface area contributed by atoms with Crippen LogP contribution in [-0.2, 0) is 4.74 Å². The number of nitrogen functional groups attached to an aromatic ring is 1. The van der Waals surface area contributed by atoms with Crippen molar-refractivity contribution in [3.63, 3.8) is 0 Å². The predicted octanol–water partition coefficient (Wildman–Crippen LogP) is 1.20. The largest absolute Gasteiger partial charge is 0.490 e. The zero-order chi connectivity index (χ0) is 11.1. The highest BCUT2D eigenvalue weighted by Gasteiger charge is 2.09. The van der Waals surface area contributed by atoms with Gasteiger partial charge in [0.2, 0.25) is 0 Å². The summed E-state index contributed by atoms with van der Waals surface area (Å²) in [5.74, 6) is 1.85. The van der Waals surface area contributed by atoms with Crippen LogP contribution in [0.4, 0.5) is 5.82 Å². The molecule has 1 heterocycles. The van der Waals surface area contributed by atoms with E-state index in [2.05, 4.69) is 9.97 Å². The second-order valence-electron chi connectivity index (χ2n) is 2.79. The third-order valence-corrected chi connectivity index (χ3v) is 2.79. The van der Waals surface area contributed by atoms with E-state index in [4.69, 9.17) is 15.2 Å². The van der Waals surface area contributed by atoms with Gasteiger partial charge in [-0.3, -0.25) is 0 Å². The van der Waals surface area contributed by atoms with Crippen LogP contribution in [0.5, 0.6) is 5.75 Å². The highest BCUT2D eigenvalue weighted by atomic mass is 32.2. The van der Waals surface area contributed by atoms with Crippen LogP contribution in [0.3, 0.4) is 0 Å². The van der Waals surface area contributed by atoms with Crippen molar-refractivity contribution < 1.29 is 9.47 Å². The van der Waals surface area contributed by atoms with Crippen LogP contribution in [0.2, 0.25) is 0 Å². The lowest BCUT2D eigenvalue weighted by Crippen LogP contribution is -1.99. The van der Waals surface area contributed by atoms with Crippen LogP contribution in [0.15, 0.2) is 11.4 Å². The van der Waals surface area contributed by atoms with Crippen LogP contribution in [0.1, 0.15) is 6.42 Å². The standard InChI is InChI=1S/C9H15N3O2S/c1-13-4-3-5-15-9-7(14-2)8(10)11-6-12-9/h6H,3-5H2,1-2H3,(H2,10,11,12). The molecular formula is C9H15N3O2S. The van der Waals surface area contributed by atoms with E-state index < -0.39 is 0 Å². The molecule has 1 aromatic heterocycles. The molecule has 0 spiro atoms. The molecule has 0 unspecified atom stereocenters. The topological polar surface area (TPSA) is 70.3 Å². The Balaban J connectivity index is 2.56. The zero-order valence-electron chi connectivity index (χ0n) is 8.90. The average Bonchev–Trinajstić information content (AvgIpc) is 2.24. The third kappa shape index (κ3) is 3.56. The van der Waals surface area contributed by atoms with Gasteiger partial charge in [0, 0.05) is 19.5 Å². The maximum atomic E-state index is 5.65. The van der Waals surface area contributed by atoms with Crippen molar-refractivity contribution in [3.8, 4) is 5.75 Å². The molecule has 0 saturated carbocycles.